The molecule has 26 heavy (non-hydrogen) atoms. The third-order valence-corrected chi connectivity index (χ3v) is 6.33. The minimum atomic E-state index is -0.332. The summed E-state index contributed by atoms with van der Waals surface area (Å²) in [5.41, 5.74) is 2.26. The van der Waals surface area contributed by atoms with Crippen molar-refractivity contribution in [1.82, 2.24) is 5.32 Å². The van der Waals surface area contributed by atoms with Crippen molar-refractivity contribution < 1.29 is 9.18 Å². The molecule has 1 aliphatic heterocycles. The molecular weight excluding hydrogens is 371 g/mol. The molecule has 3 nitrogen and oxygen atoms in total. The molecule has 3 aromatic rings. The fourth-order valence-electron chi connectivity index (χ4n) is 3.37. The third kappa shape index (κ3) is 3.29. The maximum Gasteiger partial charge on any atom is 0.263 e. The number of fused-ring (bicyclic) bond motifs is 1. The van der Waals surface area contributed by atoms with Gasteiger partial charge >= 0.3 is 0 Å². The minimum absolute atomic E-state index is 0.229. The molecule has 134 valence electrons. The van der Waals surface area contributed by atoms with Crippen molar-refractivity contribution in [3.05, 3.63) is 63.7 Å². The zero-order valence-corrected chi connectivity index (χ0v) is 15.7. The van der Waals surface area contributed by atoms with Crippen LogP contribution in [0.25, 0.3) is 10.1 Å². The summed E-state index contributed by atoms with van der Waals surface area (Å²) in [6, 6.07) is 12.5. The standard InChI is InChI=1S/C20H18ClFN2OS/c21-18-15-8-7-14(22)11-17(15)26-19(18)20(25)23-12-13-5-1-2-6-16(13)24-9-3-4-10-24/h1-2,5-8,11H,3-4,9-10,12H2,(H,23,25). The first kappa shape index (κ1) is 17.3. The van der Waals surface area contributed by atoms with Gasteiger partial charge in [0.15, 0.2) is 0 Å². The summed E-state index contributed by atoms with van der Waals surface area (Å²) < 4.78 is 14.1. The smallest absolute Gasteiger partial charge is 0.263 e. The van der Waals surface area contributed by atoms with E-state index in [0.29, 0.717) is 26.5 Å². The molecule has 6 heteroatoms. The number of anilines is 1. The zero-order valence-electron chi connectivity index (χ0n) is 14.1. The Morgan fingerprint density at radius 2 is 1.96 bits per heavy atom. The molecule has 1 aliphatic rings. The Labute approximate surface area is 160 Å². The van der Waals surface area contributed by atoms with E-state index in [4.69, 9.17) is 11.6 Å². The Morgan fingerprint density at radius 3 is 2.77 bits per heavy atom. The molecule has 0 spiro atoms. The van der Waals surface area contributed by atoms with Gasteiger partial charge in [-0.05, 0) is 42.7 Å². The maximum atomic E-state index is 13.4. The topological polar surface area (TPSA) is 32.3 Å². The van der Waals surface area contributed by atoms with Crippen LogP contribution in [0.15, 0.2) is 42.5 Å². The van der Waals surface area contributed by atoms with E-state index in [1.807, 2.05) is 18.2 Å². The predicted molar refractivity (Wildman–Crippen MR) is 106 cm³/mol. The summed E-state index contributed by atoms with van der Waals surface area (Å²) in [6.45, 7) is 2.54. The van der Waals surface area contributed by atoms with Crippen LogP contribution in [0.5, 0.6) is 0 Å². The lowest BCUT2D eigenvalue weighted by Crippen LogP contribution is -2.25. The second-order valence-corrected chi connectivity index (χ2v) is 7.82. The van der Waals surface area contributed by atoms with Gasteiger partial charge in [-0.1, -0.05) is 29.8 Å². The average Bonchev–Trinajstić information content (AvgIpc) is 3.28. The first-order chi connectivity index (χ1) is 12.6. The molecule has 2 aromatic carbocycles. The highest BCUT2D eigenvalue weighted by molar-refractivity contribution is 7.21. The van der Waals surface area contributed by atoms with Gasteiger partial charge in [-0.15, -0.1) is 11.3 Å². The van der Waals surface area contributed by atoms with Gasteiger partial charge in [-0.2, -0.15) is 0 Å². The van der Waals surface area contributed by atoms with Gasteiger partial charge < -0.3 is 10.2 Å². The second kappa shape index (κ2) is 7.25. The largest absolute Gasteiger partial charge is 0.371 e. The normalized spacial score (nSPS) is 14.2. The van der Waals surface area contributed by atoms with E-state index >= 15 is 0 Å². The highest BCUT2D eigenvalue weighted by Crippen LogP contribution is 2.35. The van der Waals surface area contributed by atoms with Gasteiger partial charge in [0, 0.05) is 35.4 Å². The Kier molecular flexibility index (Phi) is 4.83. The average molecular weight is 389 g/mol. The predicted octanol–water partition coefficient (Wildman–Crippen LogP) is 5.22. The van der Waals surface area contributed by atoms with E-state index < -0.39 is 0 Å². The Balaban J connectivity index is 1.54. The number of carbonyl (C=O) groups is 1. The zero-order chi connectivity index (χ0) is 18.1. The molecule has 0 aliphatic carbocycles. The van der Waals surface area contributed by atoms with E-state index in [1.165, 1.54) is 42.0 Å². The Morgan fingerprint density at radius 1 is 1.19 bits per heavy atom. The monoisotopic (exact) mass is 388 g/mol. The lowest BCUT2D eigenvalue weighted by atomic mass is 10.1. The van der Waals surface area contributed by atoms with Crippen LogP contribution in [0, 0.1) is 5.82 Å². The summed E-state index contributed by atoms with van der Waals surface area (Å²) in [5, 5.41) is 4.06. The van der Waals surface area contributed by atoms with Crippen molar-refractivity contribution in [3.63, 3.8) is 0 Å². The van der Waals surface area contributed by atoms with E-state index in [9.17, 15) is 9.18 Å². The fraction of sp³-hybridized carbons (Fsp3) is 0.250. The molecule has 0 radical (unpaired) electrons. The SMILES string of the molecule is O=C(NCc1ccccc1N1CCCC1)c1sc2cc(F)ccc2c1Cl. The quantitative estimate of drug-likeness (QED) is 0.664. The van der Waals surface area contributed by atoms with Gasteiger partial charge in [0.25, 0.3) is 5.91 Å². The number of benzene rings is 2. The molecule has 1 saturated heterocycles. The first-order valence-corrected chi connectivity index (χ1v) is 9.81. The van der Waals surface area contributed by atoms with Crippen LogP contribution in [0.2, 0.25) is 5.02 Å². The van der Waals surface area contributed by atoms with Crippen molar-refractivity contribution in [1.29, 1.82) is 0 Å². The van der Waals surface area contributed by atoms with Crippen LogP contribution in [0.3, 0.4) is 0 Å². The Bertz CT molecular complexity index is 966. The third-order valence-electron chi connectivity index (χ3n) is 4.68. The van der Waals surface area contributed by atoms with Crippen molar-refractivity contribution in [2.45, 2.75) is 19.4 Å². The number of nitrogens with zero attached hydrogens (tertiary/aromatic N) is 1. The lowest BCUT2D eigenvalue weighted by molar-refractivity contribution is 0.0955. The molecule has 0 atom stereocenters. The van der Waals surface area contributed by atoms with Crippen LogP contribution in [0.1, 0.15) is 28.1 Å². The van der Waals surface area contributed by atoms with Gasteiger partial charge in [-0.25, -0.2) is 4.39 Å². The van der Waals surface area contributed by atoms with Crippen molar-refractivity contribution >= 4 is 44.6 Å². The molecule has 1 N–H and O–H groups in total. The van der Waals surface area contributed by atoms with E-state index in [1.54, 1.807) is 6.07 Å². The molecule has 0 saturated carbocycles. The van der Waals surface area contributed by atoms with Crippen molar-refractivity contribution in [3.8, 4) is 0 Å². The number of hydrogen-bond donors (Lipinski definition) is 1. The number of rotatable bonds is 4. The van der Waals surface area contributed by atoms with Crippen LogP contribution in [-0.2, 0) is 6.54 Å². The first-order valence-electron chi connectivity index (χ1n) is 8.62. The summed E-state index contributed by atoms with van der Waals surface area (Å²) in [5.74, 6) is -0.560. The number of carbonyl (C=O) groups excluding carboxylic acids is 1. The number of thiophene rings is 1. The number of hydrogen-bond acceptors (Lipinski definition) is 3. The molecule has 1 amide bonds. The highest BCUT2D eigenvalue weighted by atomic mass is 35.5. The number of para-hydroxylation sites is 1. The molecule has 0 unspecified atom stereocenters. The number of halogens is 2. The fourth-order valence-corrected chi connectivity index (χ4v) is 4.83. The summed E-state index contributed by atoms with van der Waals surface area (Å²) >= 11 is 7.56. The van der Waals surface area contributed by atoms with Crippen LogP contribution in [-0.4, -0.2) is 19.0 Å². The molecule has 0 bridgehead atoms. The summed E-state index contributed by atoms with van der Waals surface area (Å²) in [7, 11) is 0. The number of amides is 1. The maximum absolute atomic E-state index is 13.4. The van der Waals surface area contributed by atoms with Crippen LogP contribution >= 0.6 is 22.9 Å². The lowest BCUT2D eigenvalue weighted by Gasteiger charge is -2.21. The van der Waals surface area contributed by atoms with E-state index in [2.05, 4.69) is 16.3 Å². The van der Waals surface area contributed by atoms with E-state index in [-0.39, 0.29) is 11.7 Å². The van der Waals surface area contributed by atoms with E-state index in [0.717, 1.165) is 18.7 Å². The van der Waals surface area contributed by atoms with Crippen LogP contribution in [0.4, 0.5) is 10.1 Å². The Hall–Kier alpha value is -2.11. The highest BCUT2D eigenvalue weighted by Gasteiger charge is 2.19. The van der Waals surface area contributed by atoms with Crippen molar-refractivity contribution in [2.24, 2.45) is 0 Å². The van der Waals surface area contributed by atoms with Gasteiger partial charge in [-0.3, -0.25) is 4.79 Å². The summed E-state index contributed by atoms with van der Waals surface area (Å²) in [6.07, 6.45) is 2.41. The van der Waals surface area contributed by atoms with Gasteiger partial charge in [0.2, 0.25) is 0 Å². The molecule has 2 heterocycles. The van der Waals surface area contributed by atoms with Crippen molar-refractivity contribution in [2.75, 3.05) is 18.0 Å². The molecule has 1 fully saturated rings. The molecule has 4 rings (SSSR count). The minimum Gasteiger partial charge on any atom is -0.371 e. The van der Waals surface area contributed by atoms with Crippen LogP contribution < -0.4 is 10.2 Å². The molecule has 1 aromatic heterocycles. The summed E-state index contributed by atoms with van der Waals surface area (Å²) in [4.78, 5) is 15.4. The van der Waals surface area contributed by atoms with Gasteiger partial charge in [0.05, 0.1) is 5.02 Å². The van der Waals surface area contributed by atoms with Gasteiger partial charge in [0.1, 0.15) is 10.7 Å². The number of nitrogens with one attached hydrogen (secondary N) is 1. The second-order valence-electron chi connectivity index (χ2n) is 6.39. The molecular formula is C20H18ClFN2OS.